The molecule has 0 bridgehead atoms. The standard InChI is InChI=1S/C12H13F2N3O2/c13-12(14)4-9(5-12)17-11(19)7-1-6(10(16)18)2-8(15)3-7/h1-3,9H,4-5,15H2,(H2,16,18)(H,17,19). The van der Waals surface area contributed by atoms with Gasteiger partial charge in [-0.15, -0.1) is 0 Å². The second-order valence-corrected chi connectivity index (χ2v) is 4.64. The van der Waals surface area contributed by atoms with Crippen molar-refractivity contribution in [1.29, 1.82) is 0 Å². The Labute approximate surface area is 107 Å². The lowest BCUT2D eigenvalue weighted by Gasteiger charge is -2.35. The van der Waals surface area contributed by atoms with E-state index >= 15 is 0 Å². The molecule has 0 aliphatic heterocycles. The predicted octanol–water partition coefficient (Wildman–Crippen LogP) is 0.895. The summed E-state index contributed by atoms with van der Waals surface area (Å²) in [6.07, 6.45) is -0.743. The average molecular weight is 269 g/mol. The van der Waals surface area contributed by atoms with Crippen molar-refractivity contribution in [2.45, 2.75) is 24.8 Å². The first-order valence-electron chi connectivity index (χ1n) is 5.66. The van der Waals surface area contributed by atoms with Crippen LogP contribution < -0.4 is 16.8 Å². The summed E-state index contributed by atoms with van der Waals surface area (Å²) in [6.45, 7) is 0. The van der Waals surface area contributed by atoms with Gasteiger partial charge in [0.2, 0.25) is 5.91 Å². The van der Waals surface area contributed by atoms with Gasteiger partial charge >= 0.3 is 0 Å². The van der Waals surface area contributed by atoms with Crippen molar-refractivity contribution in [1.82, 2.24) is 5.32 Å². The number of primary amides is 1. The Morgan fingerprint density at radius 3 is 2.32 bits per heavy atom. The Bertz CT molecular complexity index is 538. The van der Waals surface area contributed by atoms with Crippen LogP contribution in [0.4, 0.5) is 14.5 Å². The zero-order valence-electron chi connectivity index (χ0n) is 9.95. The summed E-state index contributed by atoms with van der Waals surface area (Å²) >= 11 is 0. The molecule has 0 atom stereocenters. The average Bonchev–Trinajstić information content (AvgIpc) is 2.25. The van der Waals surface area contributed by atoms with E-state index < -0.39 is 23.8 Å². The smallest absolute Gasteiger partial charge is 0.252 e. The summed E-state index contributed by atoms with van der Waals surface area (Å²) in [6, 6.07) is 3.43. The van der Waals surface area contributed by atoms with Crippen molar-refractivity contribution in [3.05, 3.63) is 29.3 Å². The monoisotopic (exact) mass is 269 g/mol. The first-order chi connectivity index (χ1) is 8.77. The van der Waals surface area contributed by atoms with Crippen LogP contribution in [0.15, 0.2) is 18.2 Å². The van der Waals surface area contributed by atoms with Crippen LogP contribution in [-0.4, -0.2) is 23.8 Å². The minimum absolute atomic E-state index is 0.101. The molecule has 0 radical (unpaired) electrons. The topological polar surface area (TPSA) is 98.2 Å². The van der Waals surface area contributed by atoms with Gasteiger partial charge in [-0.3, -0.25) is 9.59 Å². The van der Waals surface area contributed by atoms with Crippen LogP contribution in [0.25, 0.3) is 0 Å². The van der Waals surface area contributed by atoms with Gasteiger partial charge in [-0.2, -0.15) is 0 Å². The van der Waals surface area contributed by atoms with Crippen molar-refractivity contribution in [2.75, 3.05) is 5.73 Å². The van der Waals surface area contributed by atoms with E-state index in [0.29, 0.717) is 0 Å². The molecule has 1 aliphatic rings. The molecule has 5 N–H and O–H groups in total. The van der Waals surface area contributed by atoms with E-state index in [1.165, 1.54) is 18.2 Å². The number of anilines is 1. The number of rotatable bonds is 3. The molecule has 1 fully saturated rings. The Morgan fingerprint density at radius 2 is 1.79 bits per heavy atom. The van der Waals surface area contributed by atoms with E-state index in [-0.39, 0.29) is 29.7 Å². The zero-order valence-corrected chi connectivity index (χ0v) is 9.95. The molecule has 1 aromatic carbocycles. The number of alkyl halides is 2. The molecule has 1 aromatic rings. The molecule has 1 aliphatic carbocycles. The van der Waals surface area contributed by atoms with Crippen molar-refractivity contribution in [3.63, 3.8) is 0 Å². The lowest BCUT2D eigenvalue weighted by Crippen LogP contribution is -2.50. The second-order valence-electron chi connectivity index (χ2n) is 4.64. The Kier molecular flexibility index (Phi) is 3.13. The van der Waals surface area contributed by atoms with Crippen molar-refractivity contribution >= 4 is 17.5 Å². The third kappa shape index (κ3) is 2.98. The van der Waals surface area contributed by atoms with E-state index in [0.717, 1.165) is 0 Å². The van der Waals surface area contributed by atoms with Crippen LogP contribution in [0.1, 0.15) is 33.6 Å². The normalized spacial score (nSPS) is 17.6. The van der Waals surface area contributed by atoms with Crippen molar-refractivity contribution in [3.8, 4) is 0 Å². The van der Waals surface area contributed by atoms with Crippen LogP contribution in [0, 0.1) is 0 Å². The highest BCUT2D eigenvalue weighted by Crippen LogP contribution is 2.37. The van der Waals surface area contributed by atoms with Gasteiger partial charge < -0.3 is 16.8 Å². The maximum atomic E-state index is 12.6. The molecule has 1 saturated carbocycles. The molecule has 19 heavy (non-hydrogen) atoms. The molecule has 0 saturated heterocycles. The van der Waals surface area contributed by atoms with Crippen LogP contribution in [0.2, 0.25) is 0 Å². The number of nitrogens with two attached hydrogens (primary N) is 2. The van der Waals surface area contributed by atoms with Crippen LogP contribution in [-0.2, 0) is 0 Å². The minimum Gasteiger partial charge on any atom is -0.399 e. The fourth-order valence-corrected chi connectivity index (χ4v) is 1.96. The summed E-state index contributed by atoms with van der Waals surface area (Å²) in [5.74, 6) is -3.96. The molecule has 5 nitrogen and oxygen atoms in total. The maximum absolute atomic E-state index is 12.6. The highest BCUT2D eigenvalue weighted by Gasteiger charge is 2.45. The van der Waals surface area contributed by atoms with Gasteiger partial charge in [0.05, 0.1) is 0 Å². The highest BCUT2D eigenvalue weighted by atomic mass is 19.3. The molecule has 0 unspecified atom stereocenters. The quantitative estimate of drug-likeness (QED) is 0.711. The largest absolute Gasteiger partial charge is 0.399 e. The molecule has 2 amide bonds. The SMILES string of the molecule is NC(=O)c1cc(N)cc(C(=O)NC2CC(F)(F)C2)c1. The van der Waals surface area contributed by atoms with E-state index in [2.05, 4.69) is 5.32 Å². The lowest BCUT2D eigenvalue weighted by molar-refractivity contribution is -0.0901. The van der Waals surface area contributed by atoms with Gasteiger partial charge in [-0.1, -0.05) is 0 Å². The molecular formula is C12H13F2N3O2. The van der Waals surface area contributed by atoms with Gasteiger partial charge in [0, 0.05) is 35.7 Å². The van der Waals surface area contributed by atoms with Gasteiger partial charge in [-0.05, 0) is 18.2 Å². The Balaban J connectivity index is 2.09. The third-order valence-corrected chi connectivity index (χ3v) is 2.93. The fraction of sp³-hybridized carbons (Fsp3) is 0.333. The molecule has 0 aromatic heterocycles. The maximum Gasteiger partial charge on any atom is 0.252 e. The number of hydrogen-bond acceptors (Lipinski definition) is 3. The molecule has 7 heteroatoms. The van der Waals surface area contributed by atoms with Crippen LogP contribution >= 0.6 is 0 Å². The number of hydrogen-bond donors (Lipinski definition) is 3. The van der Waals surface area contributed by atoms with E-state index in [4.69, 9.17) is 11.5 Å². The fourth-order valence-electron chi connectivity index (χ4n) is 1.96. The number of carbonyl (C=O) groups is 2. The summed E-state index contributed by atoms with van der Waals surface area (Å²) in [5.41, 5.74) is 11.1. The Hall–Kier alpha value is -2.18. The summed E-state index contributed by atoms with van der Waals surface area (Å²) in [5, 5.41) is 2.46. The number of nitrogens with one attached hydrogen (secondary N) is 1. The van der Waals surface area contributed by atoms with Gasteiger partial charge in [0.15, 0.2) is 0 Å². The van der Waals surface area contributed by atoms with Gasteiger partial charge in [-0.25, -0.2) is 8.78 Å². The first kappa shape index (κ1) is 13.3. The number of benzene rings is 1. The van der Waals surface area contributed by atoms with Crippen molar-refractivity contribution < 1.29 is 18.4 Å². The van der Waals surface area contributed by atoms with Crippen LogP contribution in [0.5, 0.6) is 0 Å². The van der Waals surface area contributed by atoms with Gasteiger partial charge in [0.1, 0.15) is 0 Å². The molecular weight excluding hydrogens is 256 g/mol. The highest BCUT2D eigenvalue weighted by molar-refractivity contribution is 6.00. The van der Waals surface area contributed by atoms with Gasteiger partial charge in [0.25, 0.3) is 11.8 Å². The number of amides is 2. The zero-order chi connectivity index (χ0) is 14.2. The first-order valence-corrected chi connectivity index (χ1v) is 5.66. The molecule has 0 heterocycles. The third-order valence-electron chi connectivity index (χ3n) is 2.93. The number of halogens is 2. The van der Waals surface area contributed by atoms with E-state index in [1.807, 2.05) is 0 Å². The Morgan fingerprint density at radius 1 is 1.21 bits per heavy atom. The predicted molar refractivity (Wildman–Crippen MR) is 64.8 cm³/mol. The molecule has 2 rings (SSSR count). The summed E-state index contributed by atoms with van der Waals surface area (Å²) in [4.78, 5) is 22.9. The minimum atomic E-state index is -2.70. The molecule has 0 spiro atoms. The second kappa shape index (κ2) is 4.49. The molecule has 102 valence electrons. The summed E-state index contributed by atoms with van der Waals surface area (Å²) in [7, 11) is 0. The van der Waals surface area contributed by atoms with Crippen molar-refractivity contribution in [2.24, 2.45) is 5.73 Å². The van der Waals surface area contributed by atoms with E-state index in [1.54, 1.807) is 0 Å². The van der Waals surface area contributed by atoms with E-state index in [9.17, 15) is 18.4 Å². The lowest BCUT2D eigenvalue weighted by atomic mass is 9.88. The number of carbonyl (C=O) groups excluding carboxylic acids is 2. The summed E-state index contributed by atoms with van der Waals surface area (Å²) < 4.78 is 25.3. The number of nitrogen functional groups attached to an aromatic ring is 1. The van der Waals surface area contributed by atoms with Crippen LogP contribution in [0.3, 0.4) is 0 Å².